The molecule has 0 saturated heterocycles. The average molecular weight is 280 g/mol. The highest BCUT2D eigenvalue weighted by atomic mass is 16.4. The number of hydrogen-bond donors (Lipinski definition) is 3. The van der Waals surface area contributed by atoms with Gasteiger partial charge in [-0.05, 0) is 25.3 Å². The van der Waals surface area contributed by atoms with Crippen LogP contribution < -0.4 is 10.6 Å². The Morgan fingerprint density at radius 1 is 1.40 bits per heavy atom. The van der Waals surface area contributed by atoms with Crippen LogP contribution in [0.25, 0.3) is 0 Å². The monoisotopic (exact) mass is 280 g/mol. The van der Waals surface area contributed by atoms with Crippen molar-refractivity contribution in [3.05, 3.63) is 23.8 Å². The summed E-state index contributed by atoms with van der Waals surface area (Å²) in [6.07, 6.45) is 1.99. The number of carbonyl (C=O) groups excluding carboxylic acids is 1. The first-order valence-corrected chi connectivity index (χ1v) is 6.44. The Bertz CT molecular complexity index is 476. The zero-order chi connectivity index (χ0) is 15.1. The fourth-order valence-electron chi connectivity index (χ4n) is 1.68. The van der Waals surface area contributed by atoms with Gasteiger partial charge >= 0.3 is 12.0 Å². The van der Waals surface area contributed by atoms with Crippen molar-refractivity contribution in [3.63, 3.8) is 0 Å². The van der Waals surface area contributed by atoms with E-state index in [0.717, 1.165) is 0 Å². The van der Waals surface area contributed by atoms with Crippen LogP contribution in [0, 0.1) is 12.8 Å². The molecule has 0 aromatic carbocycles. The number of carbonyl (C=O) groups is 2. The Morgan fingerprint density at radius 3 is 2.65 bits per heavy atom. The number of urea groups is 1. The number of carboxylic acids is 1. The zero-order valence-corrected chi connectivity index (χ0v) is 11.9. The number of hydrogen-bond acceptors (Lipinski definition) is 4. The molecule has 0 aliphatic rings. The number of aromatic nitrogens is 2. The van der Waals surface area contributed by atoms with E-state index in [2.05, 4.69) is 20.6 Å². The zero-order valence-electron chi connectivity index (χ0n) is 11.9. The van der Waals surface area contributed by atoms with Gasteiger partial charge in [0.1, 0.15) is 11.9 Å². The van der Waals surface area contributed by atoms with Crippen LogP contribution >= 0.6 is 0 Å². The lowest BCUT2D eigenvalue weighted by Crippen LogP contribution is -2.46. The summed E-state index contributed by atoms with van der Waals surface area (Å²) in [5.41, 5.74) is 0.670. The summed E-state index contributed by atoms with van der Waals surface area (Å²) < 4.78 is 0. The van der Waals surface area contributed by atoms with Crippen molar-refractivity contribution in [3.8, 4) is 0 Å². The molecule has 2 amide bonds. The third-order valence-electron chi connectivity index (χ3n) is 2.57. The van der Waals surface area contributed by atoms with E-state index in [-0.39, 0.29) is 12.5 Å². The van der Waals surface area contributed by atoms with E-state index in [1.54, 1.807) is 19.2 Å². The molecule has 1 atom stereocenters. The average Bonchev–Trinajstić information content (AvgIpc) is 2.35. The fourth-order valence-corrected chi connectivity index (χ4v) is 1.68. The lowest BCUT2D eigenvalue weighted by Gasteiger charge is -2.16. The second kappa shape index (κ2) is 7.42. The van der Waals surface area contributed by atoms with Gasteiger partial charge in [-0.2, -0.15) is 0 Å². The third kappa shape index (κ3) is 5.64. The Hall–Kier alpha value is -2.18. The van der Waals surface area contributed by atoms with Crippen molar-refractivity contribution in [2.45, 2.75) is 39.8 Å². The van der Waals surface area contributed by atoms with Crippen molar-refractivity contribution in [1.82, 2.24) is 20.6 Å². The summed E-state index contributed by atoms with van der Waals surface area (Å²) in [6.45, 7) is 5.79. The van der Waals surface area contributed by atoms with Gasteiger partial charge in [0.25, 0.3) is 0 Å². The van der Waals surface area contributed by atoms with Crippen molar-refractivity contribution in [2.24, 2.45) is 5.92 Å². The Labute approximate surface area is 117 Å². The molecule has 1 rings (SSSR count). The number of aryl methyl sites for hydroxylation is 1. The van der Waals surface area contributed by atoms with E-state index in [9.17, 15) is 9.59 Å². The van der Waals surface area contributed by atoms with Gasteiger partial charge in [-0.3, -0.25) is 0 Å². The van der Waals surface area contributed by atoms with Crippen LogP contribution in [-0.4, -0.2) is 33.1 Å². The molecule has 0 fully saturated rings. The van der Waals surface area contributed by atoms with E-state index in [4.69, 9.17) is 5.11 Å². The van der Waals surface area contributed by atoms with Crippen LogP contribution in [0.2, 0.25) is 0 Å². The highest BCUT2D eigenvalue weighted by molar-refractivity contribution is 5.82. The molecule has 1 heterocycles. The van der Waals surface area contributed by atoms with Gasteiger partial charge in [0.2, 0.25) is 0 Å². The first kappa shape index (κ1) is 15.9. The molecule has 20 heavy (non-hydrogen) atoms. The Morgan fingerprint density at radius 2 is 2.10 bits per heavy atom. The van der Waals surface area contributed by atoms with Gasteiger partial charge in [0, 0.05) is 6.20 Å². The minimum absolute atomic E-state index is 0.181. The minimum Gasteiger partial charge on any atom is -0.480 e. The summed E-state index contributed by atoms with van der Waals surface area (Å²) in [7, 11) is 0. The van der Waals surface area contributed by atoms with Gasteiger partial charge in [0.15, 0.2) is 0 Å². The van der Waals surface area contributed by atoms with Crippen molar-refractivity contribution < 1.29 is 14.7 Å². The predicted molar refractivity (Wildman–Crippen MR) is 73.0 cm³/mol. The molecule has 0 saturated carbocycles. The second-order valence-electron chi connectivity index (χ2n) is 4.94. The van der Waals surface area contributed by atoms with Crippen LogP contribution in [0.1, 0.15) is 31.8 Å². The first-order chi connectivity index (χ1) is 9.38. The Kier molecular flexibility index (Phi) is 5.89. The SMILES string of the molecule is Cc1nccc(CNC(=O)N[C@@H](CC(C)C)C(=O)O)n1. The number of carboxylic acid groups (broad SMARTS) is 1. The second-order valence-corrected chi connectivity index (χ2v) is 4.94. The number of amides is 2. The molecule has 0 radical (unpaired) electrons. The summed E-state index contributed by atoms with van der Waals surface area (Å²) >= 11 is 0. The topological polar surface area (TPSA) is 104 Å². The van der Waals surface area contributed by atoms with E-state index >= 15 is 0 Å². The third-order valence-corrected chi connectivity index (χ3v) is 2.57. The molecule has 0 spiro atoms. The van der Waals surface area contributed by atoms with Crippen LogP contribution in [-0.2, 0) is 11.3 Å². The van der Waals surface area contributed by atoms with Gasteiger partial charge in [-0.1, -0.05) is 13.8 Å². The van der Waals surface area contributed by atoms with Crippen molar-refractivity contribution >= 4 is 12.0 Å². The molecule has 1 aromatic heterocycles. The molecule has 0 bridgehead atoms. The predicted octanol–water partition coefficient (Wildman–Crippen LogP) is 1.08. The highest BCUT2D eigenvalue weighted by Gasteiger charge is 2.20. The fraction of sp³-hybridized carbons (Fsp3) is 0.538. The largest absolute Gasteiger partial charge is 0.480 e. The van der Waals surface area contributed by atoms with Crippen LogP contribution in [0.15, 0.2) is 12.3 Å². The molecule has 7 nitrogen and oxygen atoms in total. The maximum absolute atomic E-state index is 11.7. The number of aliphatic carboxylic acids is 1. The summed E-state index contributed by atoms with van der Waals surface area (Å²) in [5, 5.41) is 14.1. The van der Waals surface area contributed by atoms with Gasteiger partial charge in [0.05, 0.1) is 12.2 Å². The lowest BCUT2D eigenvalue weighted by molar-refractivity contribution is -0.139. The lowest BCUT2D eigenvalue weighted by atomic mass is 10.0. The summed E-state index contributed by atoms with van der Waals surface area (Å²) in [5.74, 6) is -0.236. The molecular formula is C13H20N4O3. The van der Waals surface area contributed by atoms with Crippen LogP contribution in [0.5, 0.6) is 0 Å². The molecule has 110 valence electrons. The molecule has 1 aromatic rings. The molecule has 0 aliphatic heterocycles. The summed E-state index contributed by atoms with van der Waals surface area (Å²) in [6, 6.07) is 0.284. The van der Waals surface area contributed by atoms with Gasteiger partial charge in [-0.25, -0.2) is 19.6 Å². The van der Waals surface area contributed by atoms with Gasteiger partial charge < -0.3 is 15.7 Å². The maximum atomic E-state index is 11.7. The van der Waals surface area contributed by atoms with Crippen LogP contribution in [0.4, 0.5) is 4.79 Å². The van der Waals surface area contributed by atoms with Crippen molar-refractivity contribution in [2.75, 3.05) is 0 Å². The molecular weight excluding hydrogens is 260 g/mol. The van der Waals surface area contributed by atoms with E-state index in [0.29, 0.717) is 17.9 Å². The molecule has 7 heteroatoms. The molecule has 0 aliphatic carbocycles. The Balaban J connectivity index is 2.47. The van der Waals surface area contributed by atoms with E-state index in [1.165, 1.54) is 0 Å². The standard InChI is InChI=1S/C13H20N4O3/c1-8(2)6-11(12(18)19)17-13(20)15-7-10-4-5-14-9(3)16-10/h4-5,8,11H,6-7H2,1-3H3,(H,18,19)(H2,15,17,20)/t11-/m0/s1. The number of nitrogens with one attached hydrogen (secondary N) is 2. The quantitative estimate of drug-likeness (QED) is 0.723. The smallest absolute Gasteiger partial charge is 0.326 e. The van der Waals surface area contributed by atoms with E-state index in [1.807, 2.05) is 13.8 Å². The minimum atomic E-state index is -1.04. The number of nitrogens with zero attached hydrogens (tertiary/aromatic N) is 2. The highest BCUT2D eigenvalue weighted by Crippen LogP contribution is 2.04. The van der Waals surface area contributed by atoms with Crippen LogP contribution in [0.3, 0.4) is 0 Å². The van der Waals surface area contributed by atoms with E-state index < -0.39 is 18.0 Å². The van der Waals surface area contributed by atoms with Crippen molar-refractivity contribution in [1.29, 1.82) is 0 Å². The summed E-state index contributed by atoms with van der Waals surface area (Å²) in [4.78, 5) is 30.8. The maximum Gasteiger partial charge on any atom is 0.326 e. The number of rotatable bonds is 6. The normalized spacial score (nSPS) is 12.0. The molecule has 3 N–H and O–H groups in total. The van der Waals surface area contributed by atoms with Gasteiger partial charge in [-0.15, -0.1) is 0 Å². The first-order valence-electron chi connectivity index (χ1n) is 6.44. The molecule has 0 unspecified atom stereocenters.